The van der Waals surface area contributed by atoms with Crippen LogP contribution in [0.15, 0.2) is 0 Å². The summed E-state index contributed by atoms with van der Waals surface area (Å²) in [6.45, 7) is 2.29. The normalized spacial score (nSPS) is 11.2. The van der Waals surface area contributed by atoms with Gasteiger partial charge in [0.1, 0.15) is 0 Å². The van der Waals surface area contributed by atoms with Crippen LogP contribution < -0.4 is 11.3 Å². The molecule has 0 aliphatic carbocycles. The van der Waals surface area contributed by atoms with E-state index in [4.69, 9.17) is 5.84 Å². The minimum absolute atomic E-state index is 0.0356. The van der Waals surface area contributed by atoms with E-state index in [1.54, 1.807) is 0 Å². The standard InChI is InChI=1S/C27H56N2OS/c1-2-3-4-5-6-7-8-9-10-11-13-16-19-22-25-31-26-23-20-17-14-12-15-18-21-24-27(30)29-28/h2-26,28H2,1H3,(H,29,30). The third kappa shape index (κ3) is 27.7. The summed E-state index contributed by atoms with van der Waals surface area (Å²) in [6.07, 6.45) is 31.1. The van der Waals surface area contributed by atoms with E-state index in [9.17, 15) is 4.79 Å². The maximum atomic E-state index is 11.0. The van der Waals surface area contributed by atoms with Crippen LogP contribution in [0.3, 0.4) is 0 Å². The van der Waals surface area contributed by atoms with Crippen molar-refractivity contribution in [2.45, 2.75) is 155 Å². The molecule has 31 heavy (non-hydrogen) atoms. The second-order valence-electron chi connectivity index (χ2n) is 9.35. The molecule has 0 spiro atoms. The van der Waals surface area contributed by atoms with Gasteiger partial charge in [-0.3, -0.25) is 10.2 Å². The van der Waals surface area contributed by atoms with Gasteiger partial charge in [-0.15, -0.1) is 0 Å². The average Bonchev–Trinajstić information content (AvgIpc) is 2.78. The maximum Gasteiger partial charge on any atom is 0.233 e. The highest BCUT2D eigenvalue weighted by Gasteiger charge is 1.98. The van der Waals surface area contributed by atoms with E-state index in [1.165, 1.54) is 140 Å². The van der Waals surface area contributed by atoms with Crippen molar-refractivity contribution in [2.24, 2.45) is 5.84 Å². The molecule has 0 aromatic heterocycles. The molecule has 0 saturated carbocycles. The molecule has 0 aliphatic rings. The predicted octanol–water partition coefficient (Wildman–Crippen LogP) is 8.70. The van der Waals surface area contributed by atoms with Gasteiger partial charge in [0.05, 0.1) is 0 Å². The largest absolute Gasteiger partial charge is 0.294 e. The number of nitrogens with two attached hydrogens (primary N) is 1. The summed E-state index contributed by atoms with van der Waals surface area (Å²) in [7, 11) is 0. The van der Waals surface area contributed by atoms with Crippen molar-refractivity contribution in [3.05, 3.63) is 0 Å². The number of carbonyl (C=O) groups excluding carboxylic acids is 1. The molecular weight excluding hydrogens is 400 g/mol. The first kappa shape index (κ1) is 30.8. The molecule has 3 nitrogen and oxygen atoms in total. The highest BCUT2D eigenvalue weighted by atomic mass is 32.2. The van der Waals surface area contributed by atoms with E-state index in [1.807, 2.05) is 0 Å². The Morgan fingerprint density at radius 1 is 0.548 bits per heavy atom. The quantitative estimate of drug-likeness (QED) is 0.0592. The second kappa shape index (κ2) is 27.8. The summed E-state index contributed by atoms with van der Waals surface area (Å²) in [4.78, 5) is 11.0. The van der Waals surface area contributed by atoms with Crippen molar-refractivity contribution in [3.8, 4) is 0 Å². The van der Waals surface area contributed by atoms with Crippen LogP contribution in [0.5, 0.6) is 0 Å². The topological polar surface area (TPSA) is 55.1 Å². The van der Waals surface area contributed by atoms with Crippen LogP contribution in [-0.4, -0.2) is 17.4 Å². The molecule has 4 heteroatoms. The lowest BCUT2D eigenvalue weighted by atomic mass is 10.0. The molecule has 0 unspecified atom stereocenters. The lowest BCUT2D eigenvalue weighted by Crippen LogP contribution is -2.29. The van der Waals surface area contributed by atoms with Crippen molar-refractivity contribution >= 4 is 17.7 Å². The van der Waals surface area contributed by atoms with Crippen LogP contribution >= 0.6 is 11.8 Å². The Morgan fingerprint density at radius 3 is 1.23 bits per heavy atom. The van der Waals surface area contributed by atoms with Gasteiger partial charge in [0.25, 0.3) is 0 Å². The Hall–Kier alpha value is -0.220. The van der Waals surface area contributed by atoms with Gasteiger partial charge in [-0.05, 0) is 30.8 Å². The molecule has 0 bridgehead atoms. The zero-order valence-electron chi connectivity index (χ0n) is 21.1. The van der Waals surface area contributed by atoms with Crippen molar-refractivity contribution in [3.63, 3.8) is 0 Å². The van der Waals surface area contributed by atoms with E-state index in [-0.39, 0.29) is 5.91 Å². The molecule has 0 radical (unpaired) electrons. The molecule has 1 amide bonds. The average molecular weight is 457 g/mol. The van der Waals surface area contributed by atoms with Crippen LogP contribution in [0, 0.1) is 0 Å². The highest BCUT2D eigenvalue weighted by molar-refractivity contribution is 7.99. The zero-order chi connectivity index (χ0) is 22.7. The van der Waals surface area contributed by atoms with E-state index >= 15 is 0 Å². The molecule has 0 saturated heterocycles. The maximum absolute atomic E-state index is 11.0. The number of carbonyl (C=O) groups is 1. The van der Waals surface area contributed by atoms with Gasteiger partial charge in [0, 0.05) is 6.42 Å². The molecule has 0 rings (SSSR count). The minimum atomic E-state index is -0.0356. The van der Waals surface area contributed by atoms with Crippen LogP contribution in [0.4, 0.5) is 0 Å². The number of unbranched alkanes of at least 4 members (excludes halogenated alkanes) is 20. The fraction of sp³-hybridized carbons (Fsp3) is 0.963. The first-order valence-corrected chi connectivity index (χ1v) is 15.0. The molecule has 0 fully saturated rings. The van der Waals surface area contributed by atoms with E-state index < -0.39 is 0 Å². The van der Waals surface area contributed by atoms with Crippen molar-refractivity contribution in [1.29, 1.82) is 0 Å². The van der Waals surface area contributed by atoms with Crippen LogP contribution in [0.1, 0.15) is 155 Å². The summed E-state index contributed by atoms with van der Waals surface area (Å²) in [5.41, 5.74) is 2.19. The molecule has 0 aliphatic heterocycles. The molecule has 0 aromatic rings. The van der Waals surface area contributed by atoms with E-state index in [0.717, 1.165) is 12.8 Å². The zero-order valence-corrected chi connectivity index (χ0v) is 21.9. The van der Waals surface area contributed by atoms with Crippen LogP contribution in [-0.2, 0) is 4.79 Å². The summed E-state index contributed by atoms with van der Waals surface area (Å²) in [6, 6.07) is 0. The third-order valence-corrected chi connectivity index (χ3v) is 7.40. The number of nitrogens with one attached hydrogen (secondary N) is 1. The summed E-state index contributed by atoms with van der Waals surface area (Å²) < 4.78 is 0. The van der Waals surface area contributed by atoms with Crippen molar-refractivity contribution in [1.82, 2.24) is 5.43 Å². The molecule has 0 aromatic carbocycles. The first-order chi connectivity index (χ1) is 15.3. The van der Waals surface area contributed by atoms with Crippen LogP contribution in [0.25, 0.3) is 0 Å². The molecule has 186 valence electrons. The van der Waals surface area contributed by atoms with E-state index in [0.29, 0.717) is 6.42 Å². The SMILES string of the molecule is CCCCCCCCCCCCCCCCSCCCCCCCCCCC(=O)NN. The fourth-order valence-electron chi connectivity index (χ4n) is 4.12. The predicted molar refractivity (Wildman–Crippen MR) is 142 cm³/mol. The van der Waals surface area contributed by atoms with Crippen molar-refractivity contribution in [2.75, 3.05) is 11.5 Å². The minimum Gasteiger partial charge on any atom is -0.294 e. The molecule has 0 heterocycles. The molecule has 0 atom stereocenters. The fourth-order valence-corrected chi connectivity index (χ4v) is 5.14. The Balaban J connectivity index is 3.01. The van der Waals surface area contributed by atoms with Gasteiger partial charge in [0.15, 0.2) is 0 Å². The lowest BCUT2D eigenvalue weighted by Gasteiger charge is -2.04. The van der Waals surface area contributed by atoms with Crippen LogP contribution in [0.2, 0.25) is 0 Å². The number of hydrogen-bond donors (Lipinski definition) is 2. The first-order valence-electron chi connectivity index (χ1n) is 13.9. The van der Waals surface area contributed by atoms with Gasteiger partial charge in [0.2, 0.25) is 5.91 Å². The monoisotopic (exact) mass is 456 g/mol. The van der Waals surface area contributed by atoms with Gasteiger partial charge in [-0.1, -0.05) is 129 Å². The Kier molecular flexibility index (Phi) is 27.6. The van der Waals surface area contributed by atoms with Gasteiger partial charge in [-0.2, -0.15) is 11.8 Å². The van der Waals surface area contributed by atoms with Gasteiger partial charge < -0.3 is 0 Å². The molecule has 3 N–H and O–H groups in total. The summed E-state index contributed by atoms with van der Waals surface area (Å²) in [5.74, 6) is 7.76. The Morgan fingerprint density at radius 2 is 0.871 bits per heavy atom. The van der Waals surface area contributed by atoms with Gasteiger partial charge in [-0.25, -0.2) is 5.84 Å². The van der Waals surface area contributed by atoms with Crippen molar-refractivity contribution < 1.29 is 4.79 Å². The number of hydrogen-bond acceptors (Lipinski definition) is 3. The smallest absolute Gasteiger partial charge is 0.233 e. The summed E-state index contributed by atoms with van der Waals surface area (Å²) in [5, 5.41) is 0. The van der Waals surface area contributed by atoms with Gasteiger partial charge >= 0.3 is 0 Å². The second-order valence-corrected chi connectivity index (χ2v) is 10.6. The molecular formula is C27H56N2OS. The summed E-state index contributed by atoms with van der Waals surface area (Å²) >= 11 is 2.17. The Bertz CT molecular complexity index is 352. The number of hydrazine groups is 1. The number of rotatable bonds is 26. The van der Waals surface area contributed by atoms with E-state index in [2.05, 4.69) is 24.1 Å². The lowest BCUT2D eigenvalue weighted by molar-refractivity contribution is -0.121. The number of thioether (sulfide) groups is 1. The number of amides is 1. The highest BCUT2D eigenvalue weighted by Crippen LogP contribution is 2.15. The third-order valence-electron chi connectivity index (χ3n) is 6.25. The Labute approximate surface area is 199 Å².